The maximum absolute atomic E-state index is 12.4. The molecule has 1 fully saturated rings. The molecule has 0 spiro atoms. The van der Waals surface area contributed by atoms with Crippen molar-refractivity contribution >= 4 is 17.4 Å². The first-order valence-corrected chi connectivity index (χ1v) is 8.84. The van der Waals surface area contributed by atoms with E-state index in [1.54, 1.807) is 36.4 Å². The van der Waals surface area contributed by atoms with E-state index in [0.29, 0.717) is 17.7 Å². The number of hydrogen-bond donors (Lipinski definition) is 1. The number of rotatable bonds is 5. The molecule has 4 heteroatoms. The first kappa shape index (κ1) is 17.4. The van der Waals surface area contributed by atoms with Crippen molar-refractivity contribution in [3.8, 4) is 0 Å². The lowest BCUT2D eigenvalue weighted by molar-refractivity contribution is -0.117. The molecular formula is C21H24N2O2. The Balaban J connectivity index is 1.55. The number of carbonyl (C=O) groups is 2. The van der Waals surface area contributed by atoms with E-state index in [-0.39, 0.29) is 11.7 Å². The Hall–Kier alpha value is -2.46. The van der Waals surface area contributed by atoms with Crippen LogP contribution in [0.3, 0.4) is 0 Å². The molecule has 0 radical (unpaired) electrons. The van der Waals surface area contributed by atoms with Gasteiger partial charge in [0, 0.05) is 16.8 Å². The van der Waals surface area contributed by atoms with Gasteiger partial charge >= 0.3 is 0 Å². The summed E-state index contributed by atoms with van der Waals surface area (Å²) in [5, 5.41) is 2.91. The van der Waals surface area contributed by atoms with Crippen LogP contribution in [0.5, 0.6) is 0 Å². The summed E-state index contributed by atoms with van der Waals surface area (Å²) in [5.41, 5.74) is 2.01. The minimum Gasteiger partial charge on any atom is -0.325 e. The average Bonchev–Trinajstić information content (AvgIpc) is 2.64. The Labute approximate surface area is 148 Å². The van der Waals surface area contributed by atoms with Crippen molar-refractivity contribution in [3.63, 3.8) is 0 Å². The summed E-state index contributed by atoms with van der Waals surface area (Å²) in [6.45, 7) is 4.66. The molecule has 2 aromatic rings. The minimum atomic E-state index is -0.0130. The number of hydrogen-bond acceptors (Lipinski definition) is 3. The van der Waals surface area contributed by atoms with E-state index in [9.17, 15) is 9.59 Å². The predicted octanol–water partition coefficient (Wildman–Crippen LogP) is 3.59. The molecule has 1 saturated heterocycles. The Bertz CT molecular complexity index is 717. The number of ketones is 1. The van der Waals surface area contributed by atoms with Gasteiger partial charge in [0.05, 0.1) is 6.54 Å². The topological polar surface area (TPSA) is 49.4 Å². The quantitative estimate of drug-likeness (QED) is 0.849. The highest BCUT2D eigenvalue weighted by Gasteiger charge is 2.18. The van der Waals surface area contributed by atoms with Crippen LogP contribution in [0.4, 0.5) is 5.69 Å². The number of nitrogens with one attached hydrogen (secondary N) is 1. The van der Waals surface area contributed by atoms with E-state index in [1.807, 2.05) is 18.2 Å². The summed E-state index contributed by atoms with van der Waals surface area (Å²) >= 11 is 0. The molecule has 0 unspecified atom stereocenters. The minimum absolute atomic E-state index is 0.00307. The van der Waals surface area contributed by atoms with Crippen molar-refractivity contribution in [2.24, 2.45) is 5.92 Å². The van der Waals surface area contributed by atoms with Crippen LogP contribution in [0.15, 0.2) is 54.6 Å². The molecule has 4 nitrogen and oxygen atoms in total. The van der Waals surface area contributed by atoms with Crippen LogP contribution in [0.1, 0.15) is 35.7 Å². The lowest BCUT2D eigenvalue weighted by Crippen LogP contribution is -2.38. The van der Waals surface area contributed by atoms with E-state index in [0.717, 1.165) is 37.5 Å². The molecule has 0 aromatic heterocycles. The second-order valence-corrected chi connectivity index (χ2v) is 6.78. The third-order valence-corrected chi connectivity index (χ3v) is 4.71. The number of anilines is 1. The first-order chi connectivity index (χ1) is 12.1. The highest BCUT2D eigenvalue weighted by Crippen LogP contribution is 2.16. The molecule has 25 heavy (non-hydrogen) atoms. The smallest absolute Gasteiger partial charge is 0.238 e. The molecule has 0 bridgehead atoms. The lowest BCUT2D eigenvalue weighted by atomic mass is 9.99. The van der Waals surface area contributed by atoms with E-state index >= 15 is 0 Å². The van der Waals surface area contributed by atoms with Crippen molar-refractivity contribution in [3.05, 3.63) is 65.7 Å². The molecule has 130 valence electrons. The molecule has 1 aliphatic rings. The van der Waals surface area contributed by atoms with Crippen molar-refractivity contribution in [1.29, 1.82) is 0 Å². The summed E-state index contributed by atoms with van der Waals surface area (Å²) < 4.78 is 0. The standard InChI is InChI=1S/C21H24N2O2/c1-16-11-13-23(14-12-16)15-20(24)22-19-9-7-18(8-10-19)21(25)17-5-3-2-4-6-17/h2-10,16H,11-15H2,1H3,(H,22,24). The Kier molecular flexibility index (Phi) is 5.61. The normalized spacial score (nSPS) is 15.7. The van der Waals surface area contributed by atoms with E-state index in [1.165, 1.54) is 0 Å². The zero-order valence-corrected chi connectivity index (χ0v) is 14.6. The van der Waals surface area contributed by atoms with Gasteiger partial charge in [-0.15, -0.1) is 0 Å². The van der Waals surface area contributed by atoms with Gasteiger partial charge in [-0.2, -0.15) is 0 Å². The number of carbonyl (C=O) groups excluding carboxylic acids is 2. The van der Waals surface area contributed by atoms with Crippen molar-refractivity contribution in [2.75, 3.05) is 25.0 Å². The molecule has 1 amide bonds. The Morgan fingerprint density at radius 3 is 2.20 bits per heavy atom. The fraction of sp³-hybridized carbons (Fsp3) is 0.333. The molecule has 1 N–H and O–H groups in total. The van der Waals surface area contributed by atoms with Crippen LogP contribution in [0.25, 0.3) is 0 Å². The van der Waals surface area contributed by atoms with Crippen LogP contribution in [-0.4, -0.2) is 36.2 Å². The largest absolute Gasteiger partial charge is 0.325 e. The number of piperidine rings is 1. The van der Waals surface area contributed by atoms with Crippen molar-refractivity contribution in [1.82, 2.24) is 4.90 Å². The third-order valence-electron chi connectivity index (χ3n) is 4.71. The van der Waals surface area contributed by atoms with Crippen LogP contribution in [0.2, 0.25) is 0 Å². The molecule has 2 aromatic carbocycles. The predicted molar refractivity (Wildman–Crippen MR) is 99.8 cm³/mol. The summed E-state index contributed by atoms with van der Waals surface area (Å²) in [5.74, 6) is 0.742. The molecule has 3 rings (SSSR count). The zero-order chi connectivity index (χ0) is 17.6. The van der Waals surface area contributed by atoms with Gasteiger partial charge < -0.3 is 5.32 Å². The van der Waals surface area contributed by atoms with Gasteiger partial charge in [-0.1, -0.05) is 37.3 Å². The molecule has 0 saturated carbocycles. The van der Waals surface area contributed by atoms with Gasteiger partial charge in [0.2, 0.25) is 5.91 Å². The molecule has 1 aliphatic heterocycles. The second-order valence-electron chi connectivity index (χ2n) is 6.78. The van der Waals surface area contributed by atoms with Crippen LogP contribution >= 0.6 is 0 Å². The number of nitrogens with zero attached hydrogens (tertiary/aromatic N) is 1. The molecule has 1 heterocycles. The Morgan fingerprint density at radius 1 is 0.960 bits per heavy atom. The summed E-state index contributed by atoms with van der Waals surface area (Å²) in [4.78, 5) is 26.8. The monoisotopic (exact) mass is 336 g/mol. The zero-order valence-electron chi connectivity index (χ0n) is 14.6. The van der Waals surface area contributed by atoms with Gasteiger partial charge in [0.15, 0.2) is 5.78 Å². The number of likely N-dealkylation sites (tertiary alicyclic amines) is 1. The van der Waals surface area contributed by atoms with Crippen molar-refractivity contribution < 1.29 is 9.59 Å². The van der Waals surface area contributed by atoms with Crippen LogP contribution < -0.4 is 5.32 Å². The lowest BCUT2D eigenvalue weighted by Gasteiger charge is -2.29. The first-order valence-electron chi connectivity index (χ1n) is 8.84. The van der Waals surface area contributed by atoms with Crippen LogP contribution in [0, 0.1) is 5.92 Å². The van der Waals surface area contributed by atoms with Gasteiger partial charge in [0.25, 0.3) is 0 Å². The van der Waals surface area contributed by atoms with E-state index < -0.39 is 0 Å². The van der Waals surface area contributed by atoms with Gasteiger partial charge in [-0.05, 0) is 56.1 Å². The fourth-order valence-corrected chi connectivity index (χ4v) is 3.08. The second kappa shape index (κ2) is 8.08. The van der Waals surface area contributed by atoms with Gasteiger partial charge in [-0.25, -0.2) is 0 Å². The molecule has 0 atom stereocenters. The highest BCUT2D eigenvalue weighted by atomic mass is 16.2. The number of benzene rings is 2. The average molecular weight is 336 g/mol. The van der Waals surface area contributed by atoms with Crippen LogP contribution in [-0.2, 0) is 4.79 Å². The van der Waals surface area contributed by atoms with E-state index in [4.69, 9.17) is 0 Å². The molecule has 0 aliphatic carbocycles. The molecular weight excluding hydrogens is 312 g/mol. The third kappa shape index (κ3) is 4.77. The summed E-state index contributed by atoms with van der Waals surface area (Å²) in [6.07, 6.45) is 2.31. The Morgan fingerprint density at radius 2 is 1.56 bits per heavy atom. The number of amides is 1. The SMILES string of the molecule is CC1CCN(CC(=O)Nc2ccc(C(=O)c3ccccc3)cc2)CC1. The van der Waals surface area contributed by atoms with E-state index in [2.05, 4.69) is 17.1 Å². The summed E-state index contributed by atoms with van der Waals surface area (Å²) in [6, 6.07) is 16.3. The van der Waals surface area contributed by atoms with Gasteiger partial charge in [0.1, 0.15) is 0 Å². The van der Waals surface area contributed by atoms with Gasteiger partial charge in [-0.3, -0.25) is 14.5 Å². The fourth-order valence-electron chi connectivity index (χ4n) is 3.08. The van der Waals surface area contributed by atoms with Crippen molar-refractivity contribution in [2.45, 2.75) is 19.8 Å². The maximum Gasteiger partial charge on any atom is 0.238 e. The summed E-state index contributed by atoms with van der Waals surface area (Å²) in [7, 11) is 0. The highest BCUT2D eigenvalue weighted by molar-refractivity contribution is 6.09. The maximum atomic E-state index is 12.4.